The topological polar surface area (TPSA) is 0 Å². The van der Waals surface area contributed by atoms with Gasteiger partial charge in [-0.2, -0.15) is 0 Å². The highest BCUT2D eigenvalue weighted by Crippen LogP contribution is 2.45. The second kappa shape index (κ2) is 2.00. The average molecular weight is 123 g/mol. The van der Waals surface area contributed by atoms with Gasteiger partial charge in [-0.05, 0) is 37.5 Å². The second-order valence-corrected chi connectivity index (χ2v) is 3.79. The maximum absolute atomic E-state index is 4.18. The fourth-order valence-electron chi connectivity index (χ4n) is 2.60. The number of hydrogen-bond donors (Lipinski definition) is 0. The first-order valence-electron chi connectivity index (χ1n) is 4.19. The van der Waals surface area contributed by atoms with Gasteiger partial charge in [-0.1, -0.05) is 19.3 Å². The average Bonchev–Trinajstić information content (AvgIpc) is 2.09. The van der Waals surface area contributed by atoms with Gasteiger partial charge in [-0.15, -0.1) is 0 Å². The van der Waals surface area contributed by atoms with Crippen LogP contribution in [0.4, 0.5) is 0 Å². The van der Waals surface area contributed by atoms with Crippen LogP contribution in [0.15, 0.2) is 0 Å². The molecule has 2 saturated carbocycles. The van der Waals surface area contributed by atoms with Crippen LogP contribution in [0, 0.1) is 24.7 Å². The normalized spacial score (nSPS) is 49.7. The Morgan fingerprint density at radius 3 is 2.67 bits per heavy atom. The van der Waals surface area contributed by atoms with Gasteiger partial charge in [0, 0.05) is 0 Å². The third kappa shape index (κ3) is 0.889. The minimum Gasteiger partial charge on any atom is -0.0528 e. The van der Waals surface area contributed by atoms with Gasteiger partial charge in [0.2, 0.25) is 0 Å². The Kier molecular flexibility index (Phi) is 1.28. The van der Waals surface area contributed by atoms with Gasteiger partial charge in [-0.3, -0.25) is 0 Å². The largest absolute Gasteiger partial charge is 0.0528 e. The number of rotatable bonds is 0. The van der Waals surface area contributed by atoms with Gasteiger partial charge < -0.3 is 0 Å². The lowest BCUT2D eigenvalue weighted by atomic mass is 9.88. The van der Waals surface area contributed by atoms with E-state index in [1.165, 1.54) is 32.1 Å². The van der Waals surface area contributed by atoms with Crippen LogP contribution >= 0.6 is 0 Å². The molecule has 2 rings (SSSR count). The molecule has 0 aromatic carbocycles. The van der Waals surface area contributed by atoms with Crippen LogP contribution in [-0.2, 0) is 0 Å². The molecule has 1 radical (unpaired) electrons. The molecule has 0 N–H and O–H groups in total. The predicted octanol–water partition coefficient (Wildman–Crippen LogP) is 2.65. The molecule has 2 bridgehead atoms. The molecular formula is C9H15. The quantitative estimate of drug-likeness (QED) is 0.464. The summed E-state index contributed by atoms with van der Waals surface area (Å²) in [4.78, 5) is 0. The van der Waals surface area contributed by atoms with E-state index in [2.05, 4.69) is 6.92 Å². The van der Waals surface area contributed by atoms with E-state index in [0.29, 0.717) is 0 Å². The molecular weight excluding hydrogens is 108 g/mol. The maximum Gasteiger partial charge on any atom is -0.0383 e. The highest BCUT2D eigenvalue weighted by molar-refractivity contribution is 4.88. The highest BCUT2D eigenvalue weighted by Gasteiger charge is 2.33. The zero-order chi connectivity index (χ0) is 6.27. The number of fused-ring (bicyclic) bond motifs is 2. The highest BCUT2D eigenvalue weighted by atomic mass is 14.4. The van der Waals surface area contributed by atoms with Gasteiger partial charge in [0.15, 0.2) is 0 Å². The summed E-state index contributed by atoms with van der Waals surface area (Å²) in [5.41, 5.74) is 0. The van der Waals surface area contributed by atoms with E-state index in [0.717, 1.165) is 17.8 Å². The van der Waals surface area contributed by atoms with Crippen molar-refractivity contribution in [1.82, 2.24) is 0 Å². The Morgan fingerprint density at radius 1 is 1.11 bits per heavy atom. The molecule has 0 heteroatoms. The Hall–Kier alpha value is 0. The van der Waals surface area contributed by atoms with E-state index < -0.39 is 0 Å². The fourth-order valence-corrected chi connectivity index (χ4v) is 2.60. The second-order valence-electron chi connectivity index (χ2n) is 3.79. The number of hydrogen-bond acceptors (Lipinski definition) is 0. The molecule has 0 heterocycles. The summed E-state index contributed by atoms with van der Waals surface area (Å²) in [5.74, 6) is 2.91. The standard InChI is InChI=1S/C9H15/c1-7-5-8-3-2-4-9(7)6-8/h7-9H,1-6H2. The minimum atomic E-state index is 0.817. The first-order chi connectivity index (χ1) is 4.36. The zero-order valence-corrected chi connectivity index (χ0v) is 5.97. The van der Waals surface area contributed by atoms with Gasteiger partial charge in [0.05, 0.1) is 0 Å². The molecule has 2 aliphatic carbocycles. The van der Waals surface area contributed by atoms with Crippen LogP contribution in [-0.4, -0.2) is 0 Å². The zero-order valence-electron chi connectivity index (χ0n) is 5.97. The summed E-state index contributed by atoms with van der Waals surface area (Å²) < 4.78 is 0. The van der Waals surface area contributed by atoms with Crippen molar-refractivity contribution < 1.29 is 0 Å². The maximum atomic E-state index is 4.18. The molecule has 0 aliphatic heterocycles. The summed E-state index contributed by atoms with van der Waals surface area (Å²) in [6, 6.07) is 0. The van der Waals surface area contributed by atoms with Crippen LogP contribution in [0.1, 0.15) is 32.1 Å². The van der Waals surface area contributed by atoms with Crippen LogP contribution in [0.5, 0.6) is 0 Å². The first kappa shape index (κ1) is 5.76. The molecule has 9 heavy (non-hydrogen) atoms. The SMILES string of the molecule is [CH2]C1CC2CCCC1C2. The Morgan fingerprint density at radius 2 is 2.00 bits per heavy atom. The van der Waals surface area contributed by atoms with E-state index in [4.69, 9.17) is 0 Å². The van der Waals surface area contributed by atoms with Crippen molar-refractivity contribution in [2.24, 2.45) is 17.8 Å². The Labute approximate surface area is 57.6 Å². The van der Waals surface area contributed by atoms with E-state index in [1.807, 2.05) is 0 Å². The van der Waals surface area contributed by atoms with Gasteiger partial charge in [0.25, 0.3) is 0 Å². The monoisotopic (exact) mass is 123 g/mol. The first-order valence-corrected chi connectivity index (χ1v) is 4.19. The van der Waals surface area contributed by atoms with Crippen molar-refractivity contribution >= 4 is 0 Å². The van der Waals surface area contributed by atoms with E-state index >= 15 is 0 Å². The lowest BCUT2D eigenvalue weighted by Crippen LogP contribution is -2.06. The molecule has 3 atom stereocenters. The molecule has 0 aromatic heterocycles. The van der Waals surface area contributed by atoms with E-state index in [9.17, 15) is 0 Å². The summed E-state index contributed by atoms with van der Waals surface area (Å²) in [6.07, 6.45) is 7.41. The Balaban J connectivity index is 2.07. The smallest absolute Gasteiger partial charge is 0.0383 e. The molecule has 0 spiro atoms. The molecule has 0 aromatic rings. The van der Waals surface area contributed by atoms with Crippen molar-refractivity contribution in [2.45, 2.75) is 32.1 Å². The van der Waals surface area contributed by atoms with Gasteiger partial charge >= 0.3 is 0 Å². The molecule has 0 nitrogen and oxygen atoms in total. The van der Waals surface area contributed by atoms with Crippen LogP contribution in [0.25, 0.3) is 0 Å². The molecule has 0 saturated heterocycles. The van der Waals surface area contributed by atoms with Crippen molar-refractivity contribution in [3.63, 3.8) is 0 Å². The van der Waals surface area contributed by atoms with Crippen LogP contribution in [0.3, 0.4) is 0 Å². The molecule has 0 amide bonds. The van der Waals surface area contributed by atoms with Crippen LogP contribution in [0.2, 0.25) is 0 Å². The van der Waals surface area contributed by atoms with Crippen LogP contribution < -0.4 is 0 Å². The summed E-state index contributed by atoms with van der Waals surface area (Å²) in [7, 11) is 0. The molecule has 2 fully saturated rings. The Bertz CT molecular complexity index is 105. The van der Waals surface area contributed by atoms with Gasteiger partial charge in [-0.25, -0.2) is 0 Å². The lowest BCUT2D eigenvalue weighted by molar-refractivity contribution is 0.344. The third-order valence-electron chi connectivity index (χ3n) is 3.13. The molecule has 2 aliphatic rings. The summed E-state index contributed by atoms with van der Waals surface area (Å²) in [6.45, 7) is 4.18. The third-order valence-corrected chi connectivity index (χ3v) is 3.13. The molecule has 51 valence electrons. The van der Waals surface area contributed by atoms with E-state index in [1.54, 1.807) is 0 Å². The van der Waals surface area contributed by atoms with E-state index in [-0.39, 0.29) is 0 Å². The molecule has 3 unspecified atom stereocenters. The summed E-state index contributed by atoms with van der Waals surface area (Å²) in [5, 5.41) is 0. The van der Waals surface area contributed by atoms with Gasteiger partial charge in [0.1, 0.15) is 0 Å². The lowest BCUT2D eigenvalue weighted by Gasteiger charge is -2.18. The minimum absolute atomic E-state index is 0.817. The van der Waals surface area contributed by atoms with Crippen molar-refractivity contribution in [3.8, 4) is 0 Å². The summed E-state index contributed by atoms with van der Waals surface area (Å²) >= 11 is 0. The van der Waals surface area contributed by atoms with Crippen molar-refractivity contribution in [3.05, 3.63) is 6.92 Å². The van der Waals surface area contributed by atoms with Crippen molar-refractivity contribution in [1.29, 1.82) is 0 Å². The fraction of sp³-hybridized carbons (Fsp3) is 0.889. The van der Waals surface area contributed by atoms with Crippen molar-refractivity contribution in [2.75, 3.05) is 0 Å². The predicted molar refractivity (Wildman–Crippen MR) is 38.9 cm³/mol.